The highest BCUT2D eigenvalue weighted by Gasteiger charge is 2.11. The molecule has 1 atom stereocenters. The van der Waals surface area contributed by atoms with E-state index in [0.29, 0.717) is 11.5 Å². The molecule has 18 heavy (non-hydrogen) atoms. The molecule has 0 aliphatic rings. The van der Waals surface area contributed by atoms with Gasteiger partial charge in [-0.3, -0.25) is 4.98 Å². The van der Waals surface area contributed by atoms with E-state index in [1.807, 2.05) is 19.1 Å². The Hall–Kier alpha value is -2.08. The first-order valence-electron chi connectivity index (χ1n) is 5.45. The van der Waals surface area contributed by atoms with E-state index in [2.05, 4.69) is 20.3 Å². The van der Waals surface area contributed by atoms with Crippen molar-refractivity contribution in [3.8, 4) is 0 Å². The van der Waals surface area contributed by atoms with E-state index in [4.69, 9.17) is 18.0 Å². The molecule has 0 saturated heterocycles. The zero-order valence-electron chi connectivity index (χ0n) is 9.87. The molecule has 0 radical (unpaired) electrons. The maximum absolute atomic E-state index is 5.61. The summed E-state index contributed by atoms with van der Waals surface area (Å²) in [6, 6.07) is 3.95. The number of pyridine rings is 1. The quantitative estimate of drug-likeness (QED) is 0.813. The SMILES string of the molecule is CC(Nc1nccnc1C(N)=S)c1ccncc1. The van der Waals surface area contributed by atoms with Gasteiger partial charge in [-0.25, -0.2) is 9.97 Å². The Bertz CT molecular complexity index is 543. The van der Waals surface area contributed by atoms with Crippen molar-refractivity contribution in [1.29, 1.82) is 0 Å². The second-order valence-electron chi connectivity index (χ2n) is 3.76. The summed E-state index contributed by atoms with van der Waals surface area (Å²) in [5, 5.41) is 3.24. The molecule has 3 N–H and O–H groups in total. The van der Waals surface area contributed by atoms with Gasteiger partial charge in [0.05, 0.1) is 6.04 Å². The molecule has 1 unspecified atom stereocenters. The molecule has 6 heteroatoms. The molecular formula is C12H13N5S. The Morgan fingerprint density at radius 2 is 1.89 bits per heavy atom. The lowest BCUT2D eigenvalue weighted by molar-refractivity contribution is 0.866. The van der Waals surface area contributed by atoms with E-state index < -0.39 is 0 Å². The number of nitrogens with two attached hydrogens (primary N) is 1. The summed E-state index contributed by atoms with van der Waals surface area (Å²) < 4.78 is 0. The zero-order valence-corrected chi connectivity index (χ0v) is 10.7. The molecule has 0 aromatic carbocycles. The van der Waals surface area contributed by atoms with Crippen LogP contribution >= 0.6 is 12.2 Å². The number of anilines is 1. The summed E-state index contributed by atoms with van der Waals surface area (Å²) in [5.74, 6) is 0.592. The molecular weight excluding hydrogens is 246 g/mol. The number of thiocarbonyl (C=S) groups is 1. The molecule has 2 rings (SSSR count). The van der Waals surface area contributed by atoms with Crippen LogP contribution in [0.15, 0.2) is 36.9 Å². The van der Waals surface area contributed by atoms with Gasteiger partial charge in [0, 0.05) is 24.8 Å². The van der Waals surface area contributed by atoms with Crippen molar-refractivity contribution < 1.29 is 0 Å². The van der Waals surface area contributed by atoms with Crippen LogP contribution in [0.3, 0.4) is 0 Å². The lowest BCUT2D eigenvalue weighted by Gasteiger charge is -2.16. The molecule has 0 fully saturated rings. The van der Waals surface area contributed by atoms with Crippen molar-refractivity contribution in [2.45, 2.75) is 13.0 Å². The number of hydrogen-bond donors (Lipinski definition) is 2. The van der Waals surface area contributed by atoms with Crippen LogP contribution in [0.4, 0.5) is 5.82 Å². The van der Waals surface area contributed by atoms with E-state index in [1.165, 1.54) is 0 Å². The monoisotopic (exact) mass is 259 g/mol. The lowest BCUT2D eigenvalue weighted by Crippen LogP contribution is -2.17. The Balaban J connectivity index is 2.22. The van der Waals surface area contributed by atoms with Gasteiger partial charge in [-0.1, -0.05) is 12.2 Å². The van der Waals surface area contributed by atoms with Gasteiger partial charge >= 0.3 is 0 Å². The van der Waals surface area contributed by atoms with Gasteiger partial charge in [-0.15, -0.1) is 0 Å². The zero-order chi connectivity index (χ0) is 13.0. The van der Waals surface area contributed by atoms with Crippen molar-refractivity contribution in [1.82, 2.24) is 15.0 Å². The normalized spacial score (nSPS) is 11.8. The molecule has 5 nitrogen and oxygen atoms in total. The van der Waals surface area contributed by atoms with Crippen LogP contribution in [0, 0.1) is 0 Å². The second kappa shape index (κ2) is 5.50. The standard InChI is InChI=1S/C12H13N5S/c1-8(9-2-4-14-5-3-9)17-12-10(11(13)18)15-6-7-16-12/h2-8H,1H3,(H2,13,18)(H,16,17). The second-order valence-corrected chi connectivity index (χ2v) is 4.20. The van der Waals surface area contributed by atoms with Crippen LogP contribution in [0.5, 0.6) is 0 Å². The Morgan fingerprint density at radius 3 is 2.56 bits per heavy atom. The highest BCUT2D eigenvalue weighted by atomic mass is 32.1. The van der Waals surface area contributed by atoms with Gasteiger partial charge in [0.25, 0.3) is 0 Å². The minimum atomic E-state index is 0.0674. The first-order valence-corrected chi connectivity index (χ1v) is 5.86. The first kappa shape index (κ1) is 12.4. The predicted octanol–water partition coefficient (Wildman–Crippen LogP) is 1.68. The summed E-state index contributed by atoms with van der Waals surface area (Å²) in [6.45, 7) is 2.02. The van der Waals surface area contributed by atoms with E-state index in [0.717, 1.165) is 5.56 Å². The average molecular weight is 259 g/mol. The minimum Gasteiger partial charge on any atom is -0.388 e. The molecule has 2 aromatic rings. The third-order valence-corrected chi connectivity index (χ3v) is 2.68. The fourth-order valence-electron chi connectivity index (χ4n) is 1.56. The minimum absolute atomic E-state index is 0.0674. The average Bonchev–Trinajstić information content (AvgIpc) is 2.40. The van der Waals surface area contributed by atoms with Crippen molar-refractivity contribution >= 4 is 23.0 Å². The van der Waals surface area contributed by atoms with Crippen LogP contribution in [0.25, 0.3) is 0 Å². The van der Waals surface area contributed by atoms with E-state index in [9.17, 15) is 0 Å². The summed E-state index contributed by atoms with van der Waals surface area (Å²) in [5.41, 5.74) is 7.22. The molecule has 2 aromatic heterocycles. The number of nitrogens with zero attached hydrogens (tertiary/aromatic N) is 3. The van der Waals surface area contributed by atoms with E-state index in [1.54, 1.807) is 24.8 Å². The summed E-state index contributed by atoms with van der Waals surface area (Å²) in [7, 11) is 0. The van der Waals surface area contributed by atoms with E-state index in [-0.39, 0.29) is 11.0 Å². The fraction of sp³-hybridized carbons (Fsp3) is 0.167. The molecule has 0 saturated carbocycles. The smallest absolute Gasteiger partial charge is 0.155 e. The van der Waals surface area contributed by atoms with Crippen molar-refractivity contribution in [3.63, 3.8) is 0 Å². The molecule has 0 amide bonds. The van der Waals surface area contributed by atoms with Gasteiger partial charge in [0.15, 0.2) is 5.82 Å². The van der Waals surface area contributed by atoms with Crippen LogP contribution in [-0.2, 0) is 0 Å². The topological polar surface area (TPSA) is 76.7 Å². The van der Waals surface area contributed by atoms with Gasteiger partial charge in [0.1, 0.15) is 10.7 Å². The van der Waals surface area contributed by atoms with Gasteiger partial charge in [0.2, 0.25) is 0 Å². The highest BCUT2D eigenvalue weighted by Crippen LogP contribution is 2.18. The third kappa shape index (κ3) is 2.78. The van der Waals surface area contributed by atoms with Crippen LogP contribution in [0.1, 0.15) is 24.2 Å². The molecule has 2 heterocycles. The van der Waals surface area contributed by atoms with Crippen LogP contribution < -0.4 is 11.1 Å². The Labute approximate surface area is 110 Å². The molecule has 0 bridgehead atoms. The Kier molecular flexibility index (Phi) is 3.78. The summed E-state index contributed by atoms with van der Waals surface area (Å²) >= 11 is 4.94. The van der Waals surface area contributed by atoms with Gasteiger partial charge in [-0.2, -0.15) is 0 Å². The van der Waals surface area contributed by atoms with Crippen molar-refractivity contribution in [3.05, 3.63) is 48.2 Å². The van der Waals surface area contributed by atoms with Gasteiger partial charge < -0.3 is 11.1 Å². The summed E-state index contributed by atoms with van der Waals surface area (Å²) in [6.07, 6.45) is 6.66. The number of hydrogen-bond acceptors (Lipinski definition) is 5. The molecule has 0 aliphatic carbocycles. The molecule has 0 spiro atoms. The lowest BCUT2D eigenvalue weighted by atomic mass is 10.1. The molecule has 0 aliphatic heterocycles. The first-order chi connectivity index (χ1) is 8.68. The van der Waals surface area contributed by atoms with Crippen molar-refractivity contribution in [2.75, 3.05) is 5.32 Å². The number of rotatable bonds is 4. The molecule has 92 valence electrons. The summed E-state index contributed by atoms with van der Waals surface area (Å²) in [4.78, 5) is 12.5. The van der Waals surface area contributed by atoms with Crippen LogP contribution in [-0.4, -0.2) is 19.9 Å². The maximum Gasteiger partial charge on any atom is 0.155 e. The largest absolute Gasteiger partial charge is 0.388 e. The van der Waals surface area contributed by atoms with Gasteiger partial charge in [-0.05, 0) is 24.6 Å². The fourth-order valence-corrected chi connectivity index (χ4v) is 1.71. The van der Waals surface area contributed by atoms with Crippen molar-refractivity contribution in [2.24, 2.45) is 5.73 Å². The number of aromatic nitrogens is 3. The highest BCUT2D eigenvalue weighted by molar-refractivity contribution is 7.80. The predicted molar refractivity (Wildman–Crippen MR) is 74.2 cm³/mol. The number of nitrogens with one attached hydrogen (secondary N) is 1. The Morgan fingerprint density at radius 1 is 1.22 bits per heavy atom. The van der Waals surface area contributed by atoms with E-state index >= 15 is 0 Å². The third-order valence-electron chi connectivity index (χ3n) is 2.49. The van der Waals surface area contributed by atoms with Crippen LogP contribution in [0.2, 0.25) is 0 Å². The maximum atomic E-state index is 5.61.